The highest BCUT2D eigenvalue weighted by Crippen LogP contribution is 2.38. The number of hydrogen-bond donors (Lipinski definition) is 1. The molecule has 3 aromatic carbocycles. The second kappa shape index (κ2) is 10.4. The van der Waals surface area contributed by atoms with Crippen LogP contribution in [0.1, 0.15) is 42.7 Å². The van der Waals surface area contributed by atoms with Gasteiger partial charge < -0.3 is 19.4 Å². The zero-order valence-corrected chi connectivity index (χ0v) is 20.7. The average Bonchev–Trinajstić information content (AvgIpc) is 3.66. The molecule has 1 aliphatic carbocycles. The van der Waals surface area contributed by atoms with Crippen molar-refractivity contribution in [3.05, 3.63) is 83.8 Å². The number of benzene rings is 3. The number of halogens is 1. The number of esters is 1. The fraction of sp³-hybridized carbons (Fsp3) is 0.300. The maximum absolute atomic E-state index is 13.6. The van der Waals surface area contributed by atoms with E-state index in [1.54, 1.807) is 19.1 Å². The molecule has 0 saturated heterocycles. The normalized spacial score (nSPS) is 13.1. The molecule has 4 aromatic rings. The molecule has 0 radical (unpaired) electrons. The molecule has 186 valence electrons. The summed E-state index contributed by atoms with van der Waals surface area (Å²) < 4.78 is 26.7. The summed E-state index contributed by atoms with van der Waals surface area (Å²) in [6.45, 7) is 5.98. The Kier molecular flexibility index (Phi) is 6.94. The molecule has 1 aliphatic rings. The van der Waals surface area contributed by atoms with Crippen LogP contribution in [0.5, 0.6) is 5.75 Å². The van der Waals surface area contributed by atoms with Crippen LogP contribution in [0, 0.1) is 11.7 Å². The highest BCUT2D eigenvalue weighted by Gasteiger charge is 2.26. The van der Waals surface area contributed by atoms with Gasteiger partial charge in [0.2, 0.25) is 0 Å². The number of aromatic nitrogens is 1. The van der Waals surface area contributed by atoms with Gasteiger partial charge in [-0.3, -0.25) is 0 Å². The minimum Gasteiger partial charge on any atom is -0.494 e. The number of nitrogens with zero attached hydrogens (tertiary/aromatic N) is 1. The van der Waals surface area contributed by atoms with Gasteiger partial charge in [0.1, 0.15) is 17.3 Å². The quantitative estimate of drug-likeness (QED) is 0.248. The van der Waals surface area contributed by atoms with Crippen molar-refractivity contribution in [2.24, 2.45) is 5.92 Å². The number of ether oxygens (including phenoxy) is 2. The minimum atomic E-state index is -0.382. The molecule has 0 spiro atoms. The van der Waals surface area contributed by atoms with Gasteiger partial charge in [0.15, 0.2) is 0 Å². The van der Waals surface area contributed by atoms with E-state index in [2.05, 4.69) is 23.5 Å². The molecule has 0 aliphatic heterocycles. The van der Waals surface area contributed by atoms with Crippen molar-refractivity contribution >= 4 is 22.6 Å². The molecule has 0 unspecified atom stereocenters. The fourth-order valence-electron chi connectivity index (χ4n) is 4.57. The van der Waals surface area contributed by atoms with E-state index in [9.17, 15) is 9.18 Å². The van der Waals surface area contributed by atoms with Gasteiger partial charge in [0.05, 0.1) is 13.2 Å². The van der Waals surface area contributed by atoms with E-state index in [4.69, 9.17) is 9.47 Å². The topological polar surface area (TPSA) is 52.5 Å². The van der Waals surface area contributed by atoms with Crippen LogP contribution >= 0.6 is 0 Å². The largest absolute Gasteiger partial charge is 0.494 e. The number of rotatable bonds is 10. The van der Waals surface area contributed by atoms with Crippen molar-refractivity contribution in [1.29, 1.82) is 0 Å². The van der Waals surface area contributed by atoms with E-state index in [1.165, 1.54) is 25.0 Å². The number of fused-ring (bicyclic) bond motifs is 1. The first kappa shape index (κ1) is 23.9. The minimum absolute atomic E-state index is 0.272. The lowest BCUT2D eigenvalue weighted by Crippen LogP contribution is -2.14. The van der Waals surface area contributed by atoms with Gasteiger partial charge >= 0.3 is 5.97 Å². The van der Waals surface area contributed by atoms with E-state index >= 15 is 0 Å². The molecule has 6 heteroatoms. The van der Waals surface area contributed by atoms with Crippen LogP contribution in [0.3, 0.4) is 0 Å². The molecule has 1 N–H and O–H groups in total. The second-order valence-electron chi connectivity index (χ2n) is 9.17. The zero-order chi connectivity index (χ0) is 25.1. The maximum Gasteiger partial charge on any atom is 0.355 e. The number of carbonyl (C=O) groups excluding carboxylic acids is 1. The summed E-state index contributed by atoms with van der Waals surface area (Å²) in [6.07, 6.45) is 2.54. The van der Waals surface area contributed by atoms with Crippen molar-refractivity contribution in [1.82, 2.24) is 4.57 Å². The van der Waals surface area contributed by atoms with Crippen molar-refractivity contribution in [3.63, 3.8) is 0 Å². The lowest BCUT2D eigenvalue weighted by Gasteiger charge is -2.12. The Morgan fingerprint density at radius 2 is 1.75 bits per heavy atom. The zero-order valence-electron chi connectivity index (χ0n) is 20.7. The first-order valence-electron chi connectivity index (χ1n) is 12.6. The molecule has 1 aromatic heterocycles. The summed E-state index contributed by atoms with van der Waals surface area (Å²) in [6, 6.07) is 20.4. The predicted octanol–water partition coefficient (Wildman–Crippen LogP) is 6.89. The molecular weight excluding hydrogens is 455 g/mol. The summed E-state index contributed by atoms with van der Waals surface area (Å²) in [5, 5.41) is 4.52. The monoisotopic (exact) mass is 486 g/mol. The SMILES string of the molecule is CCOC(=O)c1c(-c2ccc(OCC)cc2)c2cc(NCC3CC3)ccc2n1Cc1ccc(F)cc1. The predicted molar refractivity (Wildman–Crippen MR) is 141 cm³/mol. The molecule has 1 heterocycles. The Balaban J connectivity index is 1.68. The molecule has 0 atom stereocenters. The molecular formula is C30H31FN2O3. The maximum atomic E-state index is 13.6. The highest BCUT2D eigenvalue weighted by atomic mass is 19.1. The summed E-state index contributed by atoms with van der Waals surface area (Å²) >= 11 is 0. The molecule has 5 nitrogen and oxygen atoms in total. The molecule has 0 amide bonds. The number of carbonyl (C=O) groups is 1. The number of hydrogen-bond acceptors (Lipinski definition) is 4. The van der Waals surface area contributed by atoms with E-state index in [1.807, 2.05) is 35.8 Å². The van der Waals surface area contributed by atoms with Crippen LogP contribution in [0.2, 0.25) is 0 Å². The molecule has 36 heavy (non-hydrogen) atoms. The Morgan fingerprint density at radius 1 is 1.00 bits per heavy atom. The third kappa shape index (κ3) is 5.08. The summed E-state index contributed by atoms with van der Waals surface area (Å²) in [5.74, 6) is 0.848. The third-order valence-electron chi connectivity index (χ3n) is 6.53. The third-order valence-corrected chi connectivity index (χ3v) is 6.53. The van der Waals surface area contributed by atoms with Crippen molar-refractivity contribution in [2.75, 3.05) is 25.1 Å². The van der Waals surface area contributed by atoms with Crippen molar-refractivity contribution < 1.29 is 18.7 Å². The molecule has 1 fully saturated rings. The summed E-state index contributed by atoms with van der Waals surface area (Å²) in [7, 11) is 0. The van der Waals surface area contributed by atoms with Crippen molar-refractivity contribution in [3.8, 4) is 16.9 Å². The summed E-state index contributed by atoms with van der Waals surface area (Å²) in [4.78, 5) is 13.4. The van der Waals surface area contributed by atoms with Gasteiger partial charge in [-0.15, -0.1) is 0 Å². The van der Waals surface area contributed by atoms with E-state index < -0.39 is 0 Å². The standard InChI is InChI=1S/C30H31FN2O3/c1-3-35-25-14-9-22(10-15-25)28-26-17-24(32-18-20-5-6-20)13-16-27(26)33(29(28)30(34)36-4-2)19-21-7-11-23(31)12-8-21/h7-17,20,32H,3-6,18-19H2,1-2H3. The van der Waals surface area contributed by atoms with Crippen molar-refractivity contribution in [2.45, 2.75) is 33.2 Å². The van der Waals surface area contributed by atoms with Crippen LogP contribution < -0.4 is 10.1 Å². The number of anilines is 1. The van der Waals surface area contributed by atoms with Gasteiger partial charge in [0, 0.05) is 35.2 Å². The van der Waals surface area contributed by atoms with E-state index in [-0.39, 0.29) is 18.4 Å². The van der Waals surface area contributed by atoms with E-state index in [0.717, 1.165) is 51.5 Å². The van der Waals surface area contributed by atoms with Gasteiger partial charge in [-0.1, -0.05) is 24.3 Å². The van der Waals surface area contributed by atoms with Gasteiger partial charge in [-0.05, 0) is 86.2 Å². The van der Waals surface area contributed by atoms with Crippen LogP contribution in [-0.4, -0.2) is 30.3 Å². The lowest BCUT2D eigenvalue weighted by molar-refractivity contribution is 0.0516. The van der Waals surface area contributed by atoms with Gasteiger partial charge in [-0.25, -0.2) is 9.18 Å². The Labute approximate surface area is 210 Å². The first-order valence-corrected chi connectivity index (χ1v) is 12.6. The van der Waals surface area contributed by atoms with Crippen LogP contribution in [0.25, 0.3) is 22.0 Å². The molecule has 1 saturated carbocycles. The fourth-order valence-corrected chi connectivity index (χ4v) is 4.57. The van der Waals surface area contributed by atoms with Gasteiger partial charge in [0.25, 0.3) is 0 Å². The first-order chi connectivity index (χ1) is 17.6. The average molecular weight is 487 g/mol. The van der Waals surface area contributed by atoms with Crippen LogP contribution in [0.15, 0.2) is 66.7 Å². The Bertz CT molecular complexity index is 1360. The summed E-state index contributed by atoms with van der Waals surface area (Å²) in [5.41, 5.74) is 5.05. The molecule has 0 bridgehead atoms. The molecule has 5 rings (SSSR count). The smallest absolute Gasteiger partial charge is 0.355 e. The number of nitrogens with one attached hydrogen (secondary N) is 1. The van der Waals surface area contributed by atoms with Crippen LogP contribution in [0.4, 0.5) is 10.1 Å². The Hall–Kier alpha value is -3.80. The second-order valence-corrected chi connectivity index (χ2v) is 9.17. The van der Waals surface area contributed by atoms with Gasteiger partial charge in [-0.2, -0.15) is 0 Å². The van der Waals surface area contributed by atoms with E-state index in [0.29, 0.717) is 18.8 Å². The Morgan fingerprint density at radius 3 is 2.42 bits per heavy atom. The highest BCUT2D eigenvalue weighted by molar-refractivity contribution is 6.09. The van der Waals surface area contributed by atoms with Crippen LogP contribution in [-0.2, 0) is 11.3 Å². The lowest BCUT2D eigenvalue weighted by atomic mass is 10.0.